The number of nitrogens with one attached hydrogen (secondary N) is 1. The van der Waals surface area contributed by atoms with E-state index in [9.17, 15) is 0 Å². The minimum absolute atomic E-state index is 0.335. The van der Waals surface area contributed by atoms with Gasteiger partial charge in [-0.1, -0.05) is 19.9 Å². The van der Waals surface area contributed by atoms with E-state index in [4.69, 9.17) is 9.31 Å². The molecule has 0 aliphatic carbocycles. The van der Waals surface area contributed by atoms with Crippen LogP contribution in [0.5, 0.6) is 0 Å². The molecule has 1 saturated heterocycles. The Bertz CT molecular complexity index is 660. The number of rotatable bonds is 2. The number of H-pyrrole nitrogens is 1. The summed E-state index contributed by atoms with van der Waals surface area (Å²) in [6.45, 7) is 12.7. The molecule has 1 fully saturated rings. The highest BCUT2D eigenvalue weighted by Crippen LogP contribution is 2.37. The Morgan fingerprint density at radius 3 is 2.29 bits per heavy atom. The molecule has 5 heteroatoms. The Hall–Kier alpha value is -1.33. The first-order valence-corrected chi connectivity index (χ1v) is 7.54. The average molecular weight is 286 g/mol. The van der Waals surface area contributed by atoms with Crippen molar-refractivity contribution in [3.8, 4) is 0 Å². The van der Waals surface area contributed by atoms with Gasteiger partial charge in [0.1, 0.15) is 0 Å². The van der Waals surface area contributed by atoms with E-state index >= 15 is 0 Å². The number of fused-ring (bicyclic) bond motifs is 1. The maximum Gasteiger partial charge on any atom is 0.495 e. The molecule has 0 saturated carbocycles. The summed E-state index contributed by atoms with van der Waals surface area (Å²) >= 11 is 0. The fourth-order valence-electron chi connectivity index (χ4n) is 2.78. The van der Waals surface area contributed by atoms with Crippen LogP contribution in [0.15, 0.2) is 18.3 Å². The fraction of sp³-hybridized carbons (Fsp3) is 0.562. The number of aromatic nitrogens is 2. The lowest BCUT2D eigenvalue weighted by molar-refractivity contribution is 0.00578. The summed E-state index contributed by atoms with van der Waals surface area (Å²) in [5, 5.41) is 8.28. The molecule has 3 rings (SSSR count). The quantitative estimate of drug-likeness (QED) is 0.863. The third-order valence-corrected chi connectivity index (χ3v) is 4.81. The van der Waals surface area contributed by atoms with Crippen LogP contribution in [0.25, 0.3) is 10.9 Å². The lowest BCUT2D eigenvalue weighted by atomic mass is 9.72. The van der Waals surface area contributed by atoms with E-state index in [-0.39, 0.29) is 18.3 Å². The minimum Gasteiger partial charge on any atom is -0.399 e. The van der Waals surface area contributed by atoms with Gasteiger partial charge in [0.25, 0.3) is 0 Å². The van der Waals surface area contributed by atoms with E-state index in [1.165, 1.54) is 5.56 Å². The highest BCUT2D eigenvalue weighted by molar-refractivity contribution is 6.65. The van der Waals surface area contributed by atoms with Crippen LogP contribution in [0.2, 0.25) is 0 Å². The Balaban J connectivity index is 2.16. The molecule has 1 aromatic carbocycles. The summed E-state index contributed by atoms with van der Waals surface area (Å²) in [6.07, 6.45) is 1.86. The van der Waals surface area contributed by atoms with Crippen LogP contribution in [0.3, 0.4) is 0 Å². The van der Waals surface area contributed by atoms with E-state index < -0.39 is 0 Å². The second kappa shape index (κ2) is 4.58. The maximum atomic E-state index is 6.25. The molecule has 112 valence electrons. The standard InChI is InChI=1S/C16H23BN2O2/c1-10(2)11-7-8-13-12(9-18-19-13)14(11)17-20-15(3,4)16(5,6)21-17/h7-10H,1-6H3,(H,18,19). The van der Waals surface area contributed by atoms with Crippen LogP contribution in [-0.4, -0.2) is 28.5 Å². The molecule has 2 aromatic rings. The molecule has 1 N–H and O–H groups in total. The Kier molecular flexibility index (Phi) is 3.19. The Labute approximate surface area is 126 Å². The molecule has 0 bridgehead atoms. The summed E-state index contributed by atoms with van der Waals surface area (Å²) < 4.78 is 12.5. The number of nitrogens with zero attached hydrogens (tertiary/aromatic N) is 1. The van der Waals surface area contributed by atoms with Gasteiger partial charge in [-0.3, -0.25) is 5.10 Å². The fourth-order valence-corrected chi connectivity index (χ4v) is 2.78. The predicted octanol–water partition coefficient (Wildman–Crippen LogP) is 2.99. The molecule has 2 heterocycles. The Morgan fingerprint density at radius 2 is 1.71 bits per heavy atom. The van der Waals surface area contributed by atoms with Gasteiger partial charge in [0, 0.05) is 5.39 Å². The third-order valence-electron chi connectivity index (χ3n) is 4.81. The first kappa shape index (κ1) is 14.6. The number of hydrogen-bond acceptors (Lipinski definition) is 3. The van der Waals surface area contributed by atoms with Crippen molar-refractivity contribution in [2.45, 2.75) is 58.7 Å². The van der Waals surface area contributed by atoms with Gasteiger partial charge in [-0.2, -0.15) is 5.10 Å². The van der Waals surface area contributed by atoms with Gasteiger partial charge in [0.05, 0.1) is 22.9 Å². The Morgan fingerprint density at radius 1 is 1.10 bits per heavy atom. The second-order valence-electron chi connectivity index (χ2n) is 7.14. The molecule has 0 amide bonds. The van der Waals surface area contributed by atoms with E-state index in [0.29, 0.717) is 5.92 Å². The second-order valence-corrected chi connectivity index (χ2v) is 7.14. The molecular weight excluding hydrogens is 263 g/mol. The molecule has 1 aliphatic heterocycles. The third kappa shape index (κ3) is 2.19. The average Bonchev–Trinajstić information content (AvgIpc) is 2.90. The van der Waals surface area contributed by atoms with Gasteiger partial charge >= 0.3 is 7.12 Å². The zero-order valence-electron chi connectivity index (χ0n) is 13.7. The van der Waals surface area contributed by atoms with Gasteiger partial charge in [0.2, 0.25) is 0 Å². The minimum atomic E-state index is -0.353. The molecule has 0 unspecified atom stereocenters. The van der Waals surface area contributed by atoms with Crippen molar-refractivity contribution in [2.75, 3.05) is 0 Å². The van der Waals surface area contributed by atoms with Crippen LogP contribution >= 0.6 is 0 Å². The van der Waals surface area contributed by atoms with Crippen LogP contribution < -0.4 is 5.46 Å². The van der Waals surface area contributed by atoms with E-state index in [2.05, 4.69) is 63.9 Å². The monoisotopic (exact) mass is 286 g/mol. The summed E-state index contributed by atoms with van der Waals surface area (Å²) in [5.74, 6) is 0.401. The van der Waals surface area contributed by atoms with E-state index in [0.717, 1.165) is 16.4 Å². The SMILES string of the molecule is CC(C)c1ccc2[nH]ncc2c1B1OC(C)(C)C(C)(C)O1. The lowest BCUT2D eigenvalue weighted by Gasteiger charge is -2.32. The van der Waals surface area contributed by atoms with Crippen molar-refractivity contribution in [2.24, 2.45) is 0 Å². The van der Waals surface area contributed by atoms with Crippen LogP contribution in [0, 0.1) is 0 Å². The van der Waals surface area contributed by atoms with Gasteiger partial charge in [-0.25, -0.2) is 0 Å². The van der Waals surface area contributed by atoms with Crippen molar-refractivity contribution >= 4 is 23.5 Å². The molecule has 21 heavy (non-hydrogen) atoms. The summed E-state index contributed by atoms with van der Waals surface area (Å²) in [4.78, 5) is 0. The zero-order valence-corrected chi connectivity index (χ0v) is 13.7. The van der Waals surface area contributed by atoms with Crippen molar-refractivity contribution in [3.63, 3.8) is 0 Å². The normalized spacial score (nSPS) is 20.6. The van der Waals surface area contributed by atoms with Crippen molar-refractivity contribution < 1.29 is 9.31 Å². The van der Waals surface area contributed by atoms with Gasteiger partial charge in [-0.05, 0) is 50.7 Å². The smallest absolute Gasteiger partial charge is 0.399 e. The van der Waals surface area contributed by atoms with Crippen molar-refractivity contribution in [1.82, 2.24) is 10.2 Å². The molecule has 4 nitrogen and oxygen atoms in total. The van der Waals surface area contributed by atoms with Gasteiger partial charge in [-0.15, -0.1) is 0 Å². The topological polar surface area (TPSA) is 47.1 Å². The first-order chi connectivity index (χ1) is 9.73. The summed E-state index contributed by atoms with van der Waals surface area (Å²) in [7, 11) is -0.353. The summed E-state index contributed by atoms with van der Waals surface area (Å²) in [6, 6.07) is 4.22. The number of hydrogen-bond donors (Lipinski definition) is 1. The molecule has 0 spiro atoms. The highest BCUT2D eigenvalue weighted by atomic mass is 16.7. The molecule has 0 atom stereocenters. The van der Waals surface area contributed by atoms with Crippen molar-refractivity contribution in [1.29, 1.82) is 0 Å². The van der Waals surface area contributed by atoms with Crippen LogP contribution in [-0.2, 0) is 9.31 Å². The zero-order chi connectivity index (χ0) is 15.4. The number of aromatic amines is 1. The predicted molar refractivity (Wildman–Crippen MR) is 85.9 cm³/mol. The number of benzene rings is 1. The lowest BCUT2D eigenvalue weighted by Crippen LogP contribution is -2.41. The van der Waals surface area contributed by atoms with Crippen LogP contribution in [0.4, 0.5) is 0 Å². The first-order valence-electron chi connectivity index (χ1n) is 7.54. The maximum absolute atomic E-state index is 6.25. The van der Waals surface area contributed by atoms with Gasteiger partial charge < -0.3 is 9.31 Å². The summed E-state index contributed by atoms with van der Waals surface area (Å²) in [5.41, 5.74) is 2.71. The van der Waals surface area contributed by atoms with Crippen LogP contribution in [0.1, 0.15) is 53.0 Å². The molecule has 1 aliphatic rings. The van der Waals surface area contributed by atoms with E-state index in [1.54, 1.807) is 0 Å². The molecular formula is C16H23BN2O2. The van der Waals surface area contributed by atoms with E-state index in [1.807, 2.05) is 6.20 Å². The van der Waals surface area contributed by atoms with Gasteiger partial charge in [0.15, 0.2) is 0 Å². The molecule has 1 aromatic heterocycles. The largest absolute Gasteiger partial charge is 0.495 e. The highest BCUT2D eigenvalue weighted by Gasteiger charge is 2.52. The van der Waals surface area contributed by atoms with Crippen molar-refractivity contribution in [3.05, 3.63) is 23.9 Å². The molecule has 0 radical (unpaired) electrons.